The van der Waals surface area contributed by atoms with Gasteiger partial charge in [0.05, 0.1) is 39.0 Å². The lowest BCUT2D eigenvalue weighted by Crippen LogP contribution is -2.39. The summed E-state index contributed by atoms with van der Waals surface area (Å²) in [5.74, 6) is 0.580. The van der Waals surface area contributed by atoms with E-state index in [2.05, 4.69) is 4.90 Å². The van der Waals surface area contributed by atoms with E-state index in [0.29, 0.717) is 34.9 Å². The number of benzene rings is 1. The van der Waals surface area contributed by atoms with Crippen molar-refractivity contribution in [3.8, 4) is 11.5 Å². The number of rotatable bonds is 8. The van der Waals surface area contributed by atoms with Gasteiger partial charge in [-0.05, 0) is 50.8 Å². The standard InChI is InChI=1S/C22H30N2O5/c1-15(2)29-13-12-24-21(25)19(16-8-9-17(27-3)18(14-16)28-4)20(22(24)26)23-10-6-5-7-11-23/h8-9,14-15H,5-7,10-13H2,1-4H3. The maximum Gasteiger partial charge on any atom is 0.277 e. The Labute approximate surface area is 172 Å². The molecule has 2 heterocycles. The third kappa shape index (κ3) is 4.40. The first-order valence-electron chi connectivity index (χ1n) is 10.2. The number of carbonyl (C=O) groups is 2. The summed E-state index contributed by atoms with van der Waals surface area (Å²) in [6.45, 7) is 5.98. The van der Waals surface area contributed by atoms with Gasteiger partial charge in [0.1, 0.15) is 5.70 Å². The van der Waals surface area contributed by atoms with E-state index in [1.165, 1.54) is 4.90 Å². The number of carbonyl (C=O) groups excluding carboxylic acids is 2. The van der Waals surface area contributed by atoms with E-state index >= 15 is 0 Å². The molecule has 2 amide bonds. The monoisotopic (exact) mass is 402 g/mol. The normalized spacial score (nSPS) is 17.6. The third-order valence-electron chi connectivity index (χ3n) is 5.25. The van der Waals surface area contributed by atoms with E-state index in [0.717, 1.165) is 32.4 Å². The molecular formula is C22H30N2O5. The summed E-state index contributed by atoms with van der Waals surface area (Å²) in [5, 5.41) is 0. The van der Waals surface area contributed by atoms with Crippen LogP contribution in [0, 0.1) is 0 Å². The maximum atomic E-state index is 13.3. The number of imide groups is 1. The van der Waals surface area contributed by atoms with Gasteiger partial charge in [-0.15, -0.1) is 0 Å². The Kier molecular flexibility index (Phi) is 6.79. The lowest BCUT2D eigenvalue weighted by atomic mass is 10.0. The molecule has 0 aromatic heterocycles. The molecule has 7 heteroatoms. The van der Waals surface area contributed by atoms with Gasteiger partial charge < -0.3 is 19.1 Å². The quantitative estimate of drug-likeness (QED) is 0.623. The predicted molar refractivity (Wildman–Crippen MR) is 110 cm³/mol. The zero-order chi connectivity index (χ0) is 21.0. The summed E-state index contributed by atoms with van der Waals surface area (Å²) in [4.78, 5) is 29.9. The number of hydrogen-bond donors (Lipinski definition) is 0. The molecule has 0 bridgehead atoms. The summed E-state index contributed by atoms with van der Waals surface area (Å²) >= 11 is 0. The molecule has 1 aromatic rings. The molecule has 1 fully saturated rings. The summed E-state index contributed by atoms with van der Waals surface area (Å²) in [6.07, 6.45) is 3.22. The maximum absolute atomic E-state index is 13.3. The van der Waals surface area contributed by atoms with Crippen LogP contribution in [-0.4, -0.2) is 68.2 Å². The molecule has 2 aliphatic heterocycles. The van der Waals surface area contributed by atoms with E-state index in [9.17, 15) is 9.59 Å². The van der Waals surface area contributed by atoms with Crippen LogP contribution in [0.5, 0.6) is 11.5 Å². The topological polar surface area (TPSA) is 68.3 Å². The highest BCUT2D eigenvalue weighted by Gasteiger charge is 2.41. The molecule has 0 saturated carbocycles. The summed E-state index contributed by atoms with van der Waals surface area (Å²) in [6, 6.07) is 5.33. The van der Waals surface area contributed by atoms with Crippen LogP contribution in [0.4, 0.5) is 0 Å². The van der Waals surface area contributed by atoms with Crippen LogP contribution in [0.1, 0.15) is 38.7 Å². The fraction of sp³-hybridized carbons (Fsp3) is 0.545. The van der Waals surface area contributed by atoms with Crippen molar-refractivity contribution in [2.75, 3.05) is 40.5 Å². The number of amides is 2. The Morgan fingerprint density at radius 3 is 2.28 bits per heavy atom. The van der Waals surface area contributed by atoms with E-state index < -0.39 is 0 Å². The van der Waals surface area contributed by atoms with Crippen molar-refractivity contribution in [3.05, 3.63) is 29.5 Å². The zero-order valence-corrected chi connectivity index (χ0v) is 17.7. The molecule has 158 valence electrons. The second kappa shape index (κ2) is 9.31. The lowest BCUT2D eigenvalue weighted by Gasteiger charge is -2.29. The molecule has 1 aromatic carbocycles. The van der Waals surface area contributed by atoms with Crippen molar-refractivity contribution in [3.63, 3.8) is 0 Å². The second-order valence-electron chi connectivity index (χ2n) is 7.52. The largest absolute Gasteiger partial charge is 0.493 e. The Balaban J connectivity index is 1.99. The number of methoxy groups -OCH3 is 2. The summed E-state index contributed by atoms with van der Waals surface area (Å²) in [5.41, 5.74) is 1.59. The first-order chi connectivity index (χ1) is 14.0. The molecule has 0 N–H and O–H groups in total. The van der Waals surface area contributed by atoms with Gasteiger partial charge in [0.2, 0.25) is 0 Å². The number of likely N-dealkylation sites (tertiary alicyclic amines) is 1. The first kappa shape index (κ1) is 21.2. The Hall–Kier alpha value is -2.54. The van der Waals surface area contributed by atoms with Crippen molar-refractivity contribution < 1.29 is 23.8 Å². The fourth-order valence-corrected chi connectivity index (χ4v) is 3.81. The van der Waals surface area contributed by atoms with Gasteiger partial charge in [0.15, 0.2) is 11.5 Å². The summed E-state index contributed by atoms with van der Waals surface area (Å²) in [7, 11) is 3.12. The predicted octanol–water partition coefficient (Wildman–Crippen LogP) is 2.69. The minimum Gasteiger partial charge on any atom is -0.493 e. The number of piperidine rings is 1. The van der Waals surface area contributed by atoms with Crippen LogP contribution < -0.4 is 9.47 Å². The van der Waals surface area contributed by atoms with Crippen molar-refractivity contribution in [1.82, 2.24) is 9.80 Å². The van der Waals surface area contributed by atoms with Crippen molar-refractivity contribution >= 4 is 17.4 Å². The highest BCUT2D eigenvalue weighted by Crippen LogP contribution is 2.37. The van der Waals surface area contributed by atoms with Crippen molar-refractivity contribution in [2.24, 2.45) is 0 Å². The Morgan fingerprint density at radius 1 is 0.966 bits per heavy atom. The molecule has 29 heavy (non-hydrogen) atoms. The van der Waals surface area contributed by atoms with E-state index in [1.54, 1.807) is 32.4 Å². The molecule has 3 rings (SSSR count). The minimum absolute atomic E-state index is 0.0441. The van der Waals surface area contributed by atoms with Gasteiger partial charge in [0, 0.05) is 13.1 Å². The highest BCUT2D eigenvalue weighted by atomic mass is 16.5. The Bertz CT molecular complexity index is 796. The molecule has 2 aliphatic rings. The Morgan fingerprint density at radius 2 is 1.66 bits per heavy atom. The van der Waals surface area contributed by atoms with Crippen LogP contribution in [-0.2, 0) is 14.3 Å². The molecule has 0 atom stereocenters. The molecule has 7 nitrogen and oxygen atoms in total. The van der Waals surface area contributed by atoms with Crippen LogP contribution in [0.25, 0.3) is 5.57 Å². The molecule has 0 aliphatic carbocycles. The minimum atomic E-state index is -0.282. The van der Waals surface area contributed by atoms with E-state index in [1.807, 2.05) is 13.8 Å². The van der Waals surface area contributed by atoms with Crippen LogP contribution >= 0.6 is 0 Å². The van der Waals surface area contributed by atoms with E-state index in [-0.39, 0.29) is 24.5 Å². The zero-order valence-electron chi connectivity index (χ0n) is 17.7. The SMILES string of the molecule is COc1ccc(C2=C(N3CCCCC3)C(=O)N(CCOC(C)C)C2=O)cc1OC. The fourth-order valence-electron chi connectivity index (χ4n) is 3.81. The van der Waals surface area contributed by atoms with Crippen LogP contribution in [0.2, 0.25) is 0 Å². The molecule has 0 unspecified atom stereocenters. The van der Waals surface area contributed by atoms with Gasteiger partial charge in [0.25, 0.3) is 11.8 Å². The highest BCUT2D eigenvalue weighted by molar-refractivity contribution is 6.35. The van der Waals surface area contributed by atoms with Gasteiger partial charge in [-0.1, -0.05) is 6.07 Å². The van der Waals surface area contributed by atoms with E-state index in [4.69, 9.17) is 14.2 Å². The number of nitrogens with zero attached hydrogens (tertiary/aromatic N) is 2. The van der Waals surface area contributed by atoms with Crippen LogP contribution in [0.15, 0.2) is 23.9 Å². The average Bonchev–Trinajstić information content (AvgIpc) is 2.98. The molecule has 0 spiro atoms. The number of ether oxygens (including phenoxy) is 3. The van der Waals surface area contributed by atoms with Gasteiger partial charge in [-0.25, -0.2) is 0 Å². The van der Waals surface area contributed by atoms with Crippen LogP contribution in [0.3, 0.4) is 0 Å². The summed E-state index contributed by atoms with van der Waals surface area (Å²) < 4.78 is 16.3. The second-order valence-corrected chi connectivity index (χ2v) is 7.52. The van der Waals surface area contributed by atoms with Gasteiger partial charge >= 0.3 is 0 Å². The molecule has 0 radical (unpaired) electrons. The van der Waals surface area contributed by atoms with Crippen molar-refractivity contribution in [1.29, 1.82) is 0 Å². The smallest absolute Gasteiger partial charge is 0.277 e. The van der Waals surface area contributed by atoms with Gasteiger partial charge in [-0.2, -0.15) is 0 Å². The number of hydrogen-bond acceptors (Lipinski definition) is 6. The van der Waals surface area contributed by atoms with Crippen molar-refractivity contribution in [2.45, 2.75) is 39.2 Å². The first-order valence-corrected chi connectivity index (χ1v) is 10.2. The average molecular weight is 402 g/mol. The molecule has 1 saturated heterocycles. The molecular weight excluding hydrogens is 372 g/mol. The van der Waals surface area contributed by atoms with Gasteiger partial charge in [-0.3, -0.25) is 14.5 Å². The third-order valence-corrected chi connectivity index (χ3v) is 5.25. The lowest BCUT2D eigenvalue weighted by molar-refractivity contribution is -0.138.